The lowest BCUT2D eigenvalue weighted by molar-refractivity contribution is 0.0648. The number of halogens is 1. The number of amides is 3. The lowest BCUT2D eigenvalue weighted by Gasteiger charge is -2.37. The molecule has 2 aromatic rings. The first-order valence-corrected chi connectivity index (χ1v) is 11.1. The summed E-state index contributed by atoms with van der Waals surface area (Å²) in [6.07, 6.45) is 2.92. The van der Waals surface area contributed by atoms with Crippen molar-refractivity contribution < 1.29 is 9.59 Å². The summed E-state index contributed by atoms with van der Waals surface area (Å²) in [5, 5.41) is 2.63. The second-order valence-electron chi connectivity index (χ2n) is 8.69. The second-order valence-corrected chi connectivity index (χ2v) is 8.69. The van der Waals surface area contributed by atoms with Crippen LogP contribution in [0.3, 0.4) is 0 Å². The van der Waals surface area contributed by atoms with Crippen molar-refractivity contribution >= 4 is 30.0 Å². The number of carbonyl (C=O) groups excluding carboxylic acids is 2. The molecule has 0 radical (unpaired) electrons. The van der Waals surface area contributed by atoms with Crippen LogP contribution >= 0.6 is 12.4 Å². The normalized spacial score (nSPS) is 14.3. The Kier molecular flexibility index (Phi) is 9.54. The zero-order valence-electron chi connectivity index (χ0n) is 19.2. The number of hydrogen-bond donors (Lipinski definition) is 2. The van der Waals surface area contributed by atoms with Crippen molar-refractivity contribution in [2.24, 2.45) is 5.73 Å². The van der Waals surface area contributed by atoms with E-state index in [1.807, 2.05) is 23.1 Å². The van der Waals surface area contributed by atoms with Gasteiger partial charge in [0.1, 0.15) is 0 Å². The van der Waals surface area contributed by atoms with Gasteiger partial charge in [-0.25, -0.2) is 4.79 Å². The van der Waals surface area contributed by atoms with Crippen molar-refractivity contribution in [3.8, 4) is 0 Å². The number of likely N-dealkylation sites (N-methyl/N-ethyl adjacent to an activating group) is 1. The molecule has 3 N–H and O–H groups in total. The molecular weight excluding hydrogens is 424 g/mol. The fourth-order valence-electron chi connectivity index (χ4n) is 4.16. The van der Waals surface area contributed by atoms with Crippen molar-refractivity contribution in [1.29, 1.82) is 0 Å². The van der Waals surface area contributed by atoms with E-state index in [-0.39, 0.29) is 18.3 Å². The highest BCUT2D eigenvalue weighted by atomic mass is 35.5. The van der Waals surface area contributed by atoms with Gasteiger partial charge in [-0.1, -0.05) is 50.2 Å². The Morgan fingerprint density at radius 2 is 1.78 bits per heavy atom. The Balaban J connectivity index is 0.00000363. The molecule has 3 rings (SSSR count). The quantitative estimate of drug-likeness (QED) is 0.641. The molecule has 6 nitrogen and oxygen atoms in total. The Morgan fingerprint density at radius 1 is 1.12 bits per heavy atom. The van der Waals surface area contributed by atoms with Gasteiger partial charge in [0, 0.05) is 25.7 Å². The minimum atomic E-state index is -0.659. The van der Waals surface area contributed by atoms with Crippen LogP contribution in [0.4, 0.5) is 10.5 Å². The third-order valence-corrected chi connectivity index (χ3v) is 6.17. The van der Waals surface area contributed by atoms with Crippen LogP contribution in [0.2, 0.25) is 0 Å². The highest BCUT2D eigenvalue weighted by molar-refractivity contribution is 6.03. The number of primary amides is 1. The summed E-state index contributed by atoms with van der Waals surface area (Å²) in [5.74, 6) is 0.240. The Morgan fingerprint density at radius 3 is 2.38 bits per heavy atom. The van der Waals surface area contributed by atoms with E-state index in [4.69, 9.17) is 5.73 Å². The molecule has 1 aliphatic rings. The molecule has 32 heavy (non-hydrogen) atoms. The van der Waals surface area contributed by atoms with Gasteiger partial charge < -0.3 is 20.9 Å². The predicted octanol–water partition coefficient (Wildman–Crippen LogP) is 4.50. The van der Waals surface area contributed by atoms with Gasteiger partial charge in [0.15, 0.2) is 0 Å². The number of likely N-dealkylation sites (tertiary alicyclic amines) is 1. The standard InChI is InChI=1S/C25H34N4O2.ClH/c1-18(2)20-9-10-22(23(17-20)27-25(26)31)24(30)29-15-12-21(13-16-29)28(3)14-11-19-7-5-4-6-8-19;/h4-10,17-18,21H,11-16H2,1-3H3,(H3,26,27,31);1H. The maximum absolute atomic E-state index is 13.2. The molecule has 0 aromatic heterocycles. The molecule has 0 saturated carbocycles. The number of carbonyl (C=O) groups is 2. The van der Waals surface area contributed by atoms with Gasteiger partial charge in [0.25, 0.3) is 5.91 Å². The summed E-state index contributed by atoms with van der Waals surface area (Å²) < 4.78 is 0. The maximum Gasteiger partial charge on any atom is 0.316 e. The number of rotatable bonds is 7. The molecule has 0 spiro atoms. The molecule has 2 aromatic carbocycles. The van der Waals surface area contributed by atoms with Crippen LogP contribution in [0.15, 0.2) is 48.5 Å². The molecule has 1 aliphatic heterocycles. The van der Waals surface area contributed by atoms with Crippen molar-refractivity contribution in [2.45, 2.75) is 45.1 Å². The summed E-state index contributed by atoms with van der Waals surface area (Å²) in [4.78, 5) is 29.0. The van der Waals surface area contributed by atoms with Crippen LogP contribution in [0.25, 0.3) is 0 Å². The fourth-order valence-corrected chi connectivity index (χ4v) is 4.16. The zero-order valence-corrected chi connectivity index (χ0v) is 20.0. The van der Waals surface area contributed by atoms with E-state index < -0.39 is 6.03 Å². The van der Waals surface area contributed by atoms with E-state index in [1.165, 1.54) is 5.56 Å². The van der Waals surface area contributed by atoms with Gasteiger partial charge in [-0.05, 0) is 55.5 Å². The van der Waals surface area contributed by atoms with Gasteiger partial charge in [-0.2, -0.15) is 0 Å². The van der Waals surface area contributed by atoms with Crippen LogP contribution in [-0.4, -0.2) is 54.5 Å². The highest BCUT2D eigenvalue weighted by Crippen LogP contribution is 2.26. The Labute approximate surface area is 197 Å². The highest BCUT2D eigenvalue weighted by Gasteiger charge is 2.27. The number of nitrogens with two attached hydrogens (primary N) is 1. The van der Waals surface area contributed by atoms with E-state index in [2.05, 4.69) is 55.4 Å². The first-order chi connectivity index (χ1) is 14.8. The first kappa shape index (κ1) is 25.7. The van der Waals surface area contributed by atoms with E-state index in [9.17, 15) is 9.59 Å². The number of urea groups is 1. The number of nitrogens with one attached hydrogen (secondary N) is 1. The molecule has 7 heteroatoms. The molecule has 1 fully saturated rings. The van der Waals surface area contributed by atoms with Crippen molar-refractivity contribution in [3.05, 3.63) is 65.2 Å². The van der Waals surface area contributed by atoms with Crippen LogP contribution in [-0.2, 0) is 6.42 Å². The number of hydrogen-bond acceptors (Lipinski definition) is 3. The van der Waals surface area contributed by atoms with Gasteiger partial charge in [-0.15, -0.1) is 12.4 Å². The lowest BCUT2D eigenvalue weighted by atomic mass is 9.98. The van der Waals surface area contributed by atoms with Gasteiger partial charge in [0.05, 0.1) is 11.3 Å². The van der Waals surface area contributed by atoms with E-state index in [0.29, 0.717) is 36.3 Å². The molecule has 0 bridgehead atoms. The third kappa shape index (κ3) is 6.71. The second kappa shape index (κ2) is 11.9. The lowest BCUT2D eigenvalue weighted by Crippen LogP contribution is -2.46. The molecule has 174 valence electrons. The summed E-state index contributed by atoms with van der Waals surface area (Å²) in [5.41, 5.74) is 8.73. The summed E-state index contributed by atoms with van der Waals surface area (Å²) >= 11 is 0. The van der Waals surface area contributed by atoms with Crippen LogP contribution in [0.1, 0.15) is 54.1 Å². The summed E-state index contributed by atoms with van der Waals surface area (Å²) in [7, 11) is 2.17. The van der Waals surface area contributed by atoms with E-state index in [1.54, 1.807) is 6.07 Å². The molecule has 0 aliphatic carbocycles. The van der Waals surface area contributed by atoms with Crippen LogP contribution in [0, 0.1) is 0 Å². The molecular formula is C25H35ClN4O2. The van der Waals surface area contributed by atoms with Crippen molar-refractivity contribution in [1.82, 2.24) is 9.80 Å². The molecule has 3 amide bonds. The SMILES string of the molecule is CC(C)c1ccc(C(=O)N2CCC(N(C)CCc3ccccc3)CC2)c(NC(N)=O)c1.Cl. The monoisotopic (exact) mass is 458 g/mol. The average Bonchev–Trinajstić information content (AvgIpc) is 2.77. The van der Waals surface area contributed by atoms with Crippen molar-refractivity contribution in [3.63, 3.8) is 0 Å². The molecule has 1 heterocycles. The minimum absolute atomic E-state index is 0. The fraction of sp³-hybridized carbons (Fsp3) is 0.440. The van der Waals surface area contributed by atoms with Gasteiger partial charge in [-0.3, -0.25) is 4.79 Å². The number of anilines is 1. The number of piperidine rings is 1. The summed E-state index contributed by atoms with van der Waals surface area (Å²) in [6, 6.07) is 16.0. The number of nitrogens with zero attached hydrogens (tertiary/aromatic N) is 2. The largest absolute Gasteiger partial charge is 0.351 e. The number of benzene rings is 2. The smallest absolute Gasteiger partial charge is 0.316 e. The van der Waals surface area contributed by atoms with Crippen LogP contribution < -0.4 is 11.1 Å². The maximum atomic E-state index is 13.2. The van der Waals surface area contributed by atoms with E-state index >= 15 is 0 Å². The Hall–Kier alpha value is -2.57. The predicted molar refractivity (Wildman–Crippen MR) is 133 cm³/mol. The average molecular weight is 459 g/mol. The molecule has 1 saturated heterocycles. The molecule has 0 unspecified atom stereocenters. The van der Waals surface area contributed by atoms with Crippen LogP contribution in [0.5, 0.6) is 0 Å². The van der Waals surface area contributed by atoms with Gasteiger partial charge in [0.2, 0.25) is 0 Å². The van der Waals surface area contributed by atoms with Crippen molar-refractivity contribution in [2.75, 3.05) is 32.0 Å². The first-order valence-electron chi connectivity index (χ1n) is 11.1. The zero-order chi connectivity index (χ0) is 22.4. The third-order valence-electron chi connectivity index (χ3n) is 6.17. The molecule has 0 atom stereocenters. The minimum Gasteiger partial charge on any atom is -0.351 e. The Bertz CT molecular complexity index is 896. The van der Waals surface area contributed by atoms with E-state index in [0.717, 1.165) is 31.4 Å². The summed E-state index contributed by atoms with van der Waals surface area (Å²) in [6.45, 7) is 6.57. The van der Waals surface area contributed by atoms with Gasteiger partial charge >= 0.3 is 6.03 Å². The topological polar surface area (TPSA) is 78.7 Å².